The van der Waals surface area contributed by atoms with Crippen LogP contribution in [-0.4, -0.2) is 7.11 Å². The van der Waals surface area contributed by atoms with Crippen molar-refractivity contribution in [1.29, 1.82) is 0 Å². The van der Waals surface area contributed by atoms with E-state index in [0.29, 0.717) is 0 Å². The zero-order valence-electron chi connectivity index (χ0n) is 9.26. The second-order valence-corrected chi connectivity index (χ2v) is 3.49. The molecule has 0 radical (unpaired) electrons. The summed E-state index contributed by atoms with van der Waals surface area (Å²) in [5.74, 6) is 0.881. The molecule has 0 aromatic heterocycles. The summed E-state index contributed by atoms with van der Waals surface area (Å²) < 4.78 is 5.40. The fraction of sp³-hybridized carbons (Fsp3) is 0.0667. The molecule has 0 unspecified atom stereocenters. The largest absolute Gasteiger partial charge is 0.496 e. The van der Waals surface area contributed by atoms with E-state index in [0.717, 1.165) is 16.9 Å². The van der Waals surface area contributed by atoms with Gasteiger partial charge in [0.15, 0.2) is 0 Å². The standard InChI is InChI=1S/C15H14O/c1-16-15(14-10-6-3-7-11-14)12-13-8-4-2-5-9-13/h2-12H,1H3. The molecule has 0 heterocycles. The van der Waals surface area contributed by atoms with E-state index >= 15 is 0 Å². The van der Waals surface area contributed by atoms with Crippen LogP contribution in [0, 0.1) is 0 Å². The lowest BCUT2D eigenvalue weighted by Gasteiger charge is -2.06. The molecule has 1 nitrogen and oxygen atoms in total. The van der Waals surface area contributed by atoms with Gasteiger partial charge in [0.1, 0.15) is 5.76 Å². The highest BCUT2D eigenvalue weighted by atomic mass is 16.5. The molecule has 0 amide bonds. The van der Waals surface area contributed by atoms with Gasteiger partial charge in [0.05, 0.1) is 7.11 Å². The van der Waals surface area contributed by atoms with Gasteiger partial charge in [-0.05, 0) is 11.6 Å². The van der Waals surface area contributed by atoms with Crippen molar-refractivity contribution < 1.29 is 4.74 Å². The van der Waals surface area contributed by atoms with Crippen LogP contribution in [0.5, 0.6) is 0 Å². The van der Waals surface area contributed by atoms with E-state index in [2.05, 4.69) is 12.1 Å². The molecule has 0 aliphatic carbocycles. The van der Waals surface area contributed by atoms with E-state index in [4.69, 9.17) is 4.74 Å². The second-order valence-electron chi connectivity index (χ2n) is 3.49. The predicted octanol–water partition coefficient (Wildman–Crippen LogP) is 3.83. The van der Waals surface area contributed by atoms with E-state index in [1.165, 1.54) is 0 Å². The van der Waals surface area contributed by atoms with Gasteiger partial charge in [0.25, 0.3) is 0 Å². The van der Waals surface area contributed by atoms with Gasteiger partial charge >= 0.3 is 0 Å². The molecular formula is C15H14O. The Labute approximate surface area is 96.0 Å². The van der Waals surface area contributed by atoms with Gasteiger partial charge in [-0.2, -0.15) is 0 Å². The first-order chi connectivity index (χ1) is 7.90. The molecule has 0 spiro atoms. The summed E-state index contributed by atoms with van der Waals surface area (Å²) in [6.07, 6.45) is 2.04. The summed E-state index contributed by atoms with van der Waals surface area (Å²) in [5, 5.41) is 0. The van der Waals surface area contributed by atoms with Gasteiger partial charge in [-0.15, -0.1) is 0 Å². The first-order valence-electron chi connectivity index (χ1n) is 5.26. The summed E-state index contributed by atoms with van der Waals surface area (Å²) in [6, 6.07) is 20.3. The monoisotopic (exact) mass is 210 g/mol. The van der Waals surface area contributed by atoms with Crippen LogP contribution in [-0.2, 0) is 4.74 Å². The Kier molecular flexibility index (Phi) is 3.39. The topological polar surface area (TPSA) is 9.23 Å². The van der Waals surface area contributed by atoms with Crippen LogP contribution in [0.4, 0.5) is 0 Å². The average Bonchev–Trinajstić information content (AvgIpc) is 2.38. The molecule has 2 aromatic carbocycles. The summed E-state index contributed by atoms with van der Waals surface area (Å²) >= 11 is 0. The third-order valence-electron chi connectivity index (χ3n) is 2.38. The minimum absolute atomic E-state index is 0.881. The van der Waals surface area contributed by atoms with E-state index in [1.807, 2.05) is 54.6 Å². The molecule has 0 aliphatic heterocycles. The highest BCUT2D eigenvalue weighted by Crippen LogP contribution is 2.18. The Hall–Kier alpha value is -2.02. The van der Waals surface area contributed by atoms with Gasteiger partial charge in [-0.25, -0.2) is 0 Å². The molecule has 2 rings (SSSR count). The molecule has 0 N–H and O–H groups in total. The number of hydrogen-bond acceptors (Lipinski definition) is 1. The molecule has 1 heteroatoms. The molecule has 0 saturated carbocycles. The molecule has 80 valence electrons. The number of hydrogen-bond donors (Lipinski definition) is 0. The maximum absolute atomic E-state index is 5.40. The summed E-state index contributed by atoms with van der Waals surface area (Å²) in [6.45, 7) is 0. The van der Waals surface area contributed by atoms with Crippen molar-refractivity contribution in [2.75, 3.05) is 7.11 Å². The third kappa shape index (κ3) is 2.51. The van der Waals surface area contributed by atoms with Crippen LogP contribution in [0.3, 0.4) is 0 Å². The van der Waals surface area contributed by atoms with E-state index in [1.54, 1.807) is 7.11 Å². The Morgan fingerprint density at radius 1 is 0.875 bits per heavy atom. The van der Waals surface area contributed by atoms with Crippen molar-refractivity contribution in [1.82, 2.24) is 0 Å². The first kappa shape index (κ1) is 10.5. The Balaban J connectivity index is 2.34. The third-order valence-corrected chi connectivity index (χ3v) is 2.38. The van der Waals surface area contributed by atoms with Crippen LogP contribution in [0.15, 0.2) is 60.7 Å². The molecule has 0 fully saturated rings. The zero-order valence-corrected chi connectivity index (χ0v) is 9.26. The van der Waals surface area contributed by atoms with Crippen LogP contribution in [0.2, 0.25) is 0 Å². The Bertz CT molecular complexity index is 457. The van der Waals surface area contributed by atoms with Crippen molar-refractivity contribution in [2.24, 2.45) is 0 Å². The van der Waals surface area contributed by atoms with E-state index in [-0.39, 0.29) is 0 Å². The first-order valence-corrected chi connectivity index (χ1v) is 5.26. The average molecular weight is 210 g/mol. The summed E-state index contributed by atoms with van der Waals surface area (Å²) in [7, 11) is 1.70. The van der Waals surface area contributed by atoms with Crippen LogP contribution < -0.4 is 0 Å². The van der Waals surface area contributed by atoms with Crippen molar-refractivity contribution >= 4 is 11.8 Å². The van der Waals surface area contributed by atoms with Gasteiger partial charge in [0.2, 0.25) is 0 Å². The summed E-state index contributed by atoms with van der Waals surface area (Å²) in [5.41, 5.74) is 2.23. The second kappa shape index (κ2) is 5.17. The highest BCUT2D eigenvalue weighted by Gasteiger charge is 1.99. The number of benzene rings is 2. The van der Waals surface area contributed by atoms with Crippen molar-refractivity contribution in [2.45, 2.75) is 0 Å². The van der Waals surface area contributed by atoms with Gasteiger partial charge < -0.3 is 4.74 Å². The predicted molar refractivity (Wildman–Crippen MR) is 67.8 cm³/mol. The lowest BCUT2D eigenvalue weighted by atomic mass is 10.1. The van der Waals surface area contributed by atoms with Gasteiger partial charge in [-0.3, -0.25) is 0 Å². The van der Waals surface area contributed by atoms with Crippen molar-refractivity contribution in [3.05, 3.63) is 71.8 Å². The zero-order chi connectivity index (χ0) is 11.2. The normalized spacial score (nSPS) is 11.2. The quantitative estimate of drug-likeness (QED) is 0.552. The number of rotatable bonds is 3. The molecule has 0 aliphatic rings. The lowest BCUT2D eigenvalue weighted by molar-refractivity contribution is 0.372. The van der Waals surface area contributed by atoms with E-state index < -0.39 is 0 Å². The fourth-order valence-corrected chi connectivity index (χ4v) is 1.56. The van der Waals surface area contributed by atoms with Crippen molar-refractivity contribution in [3.8, 4) is 0 Å². The lowest BCUT2D eigenvalue weighted by Crippen LogP contribution is -1.86. The van der Waals surface area contributed by atoms with Crippen LogP contribution in [0.1, 0.15) is 11.1 Å². The maximum Gasteiger partial charge on any atom is 0.126 e. The minimum atomic E-state index is 0.881. The highest BCUT2D eigenvalue weighted by molar-refractivity contribution is 5.77. The van der Waals surface area contributed by atoms with E-state index in [9.17, 15) is 0 Å². The maximum atomic E-state index is 5.40. The molecular weight excluding hydrogens is 196 g/mol. The Morgan fingerprint density at radius 3 is 2.00 bits per heavy atom. The molecule has 0 atom stereocenters. The summed E-state index contributed by atoms with van der Waals surface area (Å²) in [4.78, 5) is 0. The number of methoxy groups -OCH3 is 1. The fourth-order valence-electron chi connectivity index (χ4n) is 1.56. The van der Waals surface area contributed by atoms with Gasteiger partial charge in [0, 0.05) is 5.56 Å². The molecule has 0 saturated heterocycles. The smallest absolute Gasteiger partial charge is 0.126 e. The SMILES string of the molecule is COC(=Cc1ccccc1)c1ccccc1. The molecule has 2 aromatic rings. The number of ether oxygens (including phenoxy) is 1. The minimum Gasteiger partial charge on any atom is -0.496 e. The van der Waals surface area contributed by atoms with Crippen LogP contribution in [0.25, 0.3) is 11.8 Å². The Morgan fingerprint density at radius 2 is 1.44 bits per heavy atom. The van der Waals surface area contributed by atoms with Crippen molar-refractivity contribution in [3.63, 3.8) is 0 Å². The van der Waals surface area contributed by atoms with Crippen LogP contribution >= 0.6 is 0 Å². The van der Waals surface area contributed by atoms with Gasteiger partial charge in [-0.1, -0.05) is 60.7 Å². The molecule has 0 bridgehead atoms. The molecule has 16 heavy (non-hydrogen) atoms.